The van der Waals surface area contributed by atoms with Crippen LogP contribution in [0.25, 0.3) is 11.2 Å². The van der Waals surface area contributed by atoms with Crippen molar-refractivity contribution in [3.63, 3.8) is 0 Å². The lowest BCUT2D eigenvalue weighted by molar-refractivity contribution is -0.137. The first kappa shape index (κ1) is 60.3. The van der Waals surface area contributed by atoms with Gasteiger partial charge in [-0.15, -0.1) is 0 Å². The first-order valence-corrected chi connectivity index (χ1v) is 28.4. The zero-order valence-electron chi connectivity index (χ0n) is 39.3. The number of nitrogen functional groups attached to an aromatic ring is 1. The van der Waals surface area contributed by atoms with Crippen molar-refractivity contribution in [3.05, 3.63) is 37.0 Å². The standard InChI is InChI=1S/C41H70N7O17P3S/c1-4-5-6-7-8-9-10-11-12-13-14-15-16-17-18-19-20-21-32(50)69-25-24-43-31(49)22-23-44-39(53)36(52)41(2,3)27-62-68(59,60)65-67(57,58)61-26-30-35(64-66(54,55)56)34(51)40(63-30)48-29-47-33-37(42)45-28-46-38(33)48/h11-12,14-15,28-30,34-36,40,51-52H,4-10,13,16-27H2,1-3H3,(H,43,49)(H,44,53)(H,57,58)(H,59,60)(H2,42,45,46)(H2,54,55,56)/b12-11-,15-14-/t30-,34-,35-,36+,40-/m1/s1. The van der Waals surface area contributed by atoms with Crippen molar-refractivity contribution in [3.8, 4) is 0 Å². The van der Waals surface area contributed by atoms with Crippen molar-refractivity contribution in [1.29, 1.82) is 0 Å². The minimum Gasteiger partial charge on any atom is -0.386 e. The molecule has 2 aromatic heterocycles. The average Bonchev–Trinajstić information content (AvgIpc) is 3.84. The second-order valence-corrected chi connectivity index (χ2v) is 22.4. The maximum absolute atomic E-state index is 12.7. The van der Waals surface area contributed by atoms with Crippen LogP contribution in [0.15, 0.2) is 37.0 Å². The zero-order valence-corrected chi connectivity index (χ0v) is 42.8. The van der Waals surface area contributed by atoms with Gasteiger partial charge in [-0.2, -0.15) is 4.31 Å². The summed E-state index contributed by atoms with van der Waals surface area (Å²) in [5, 5.41) is 26.7. The number of carbonyl (C=O) groups excluding carboxylic acids is 3. The molecule has 2 amide bonds. The van der Waals surface area contributed by atoms with Crippen molar-refractivity contribution < 1.29 is 80.5 Å². The maximum Gasteiger partial charge on any atom is 0.481 e. The molecule has 0 saturated carbocycles. The number of hydrogen-bond donors (Lipinski definition) is 9. The molecule has 0 aromatic carbocycles. The molecule has 0 radical (unpaired) electrons. The second-order valence-electron chi connectivity index (χ2n) is 17.0. The van der Waals surface area contributed by atoms with Gasteiger partial charge in [0.15, 0.2) is 22.8 Å². The molecule has 10 N–H and O–H groups in total. The zero-order chi connectivity index (χ0) is 51.1. The number of thioether (sulfide) groups is 1. The summed E-state index contributed by atoms with van der Waals surface area (Å²) in [5.41, 5.74) is 4.28. The molecule has 28 heteroatoms. The number of carbonyl (C=O) groups is 3. The highest BCUT2D eigenvalue weighted by Gasteiger charge is 2.50. The van der Waals surface area contributed by atoms with Crippen molar-refractivity contribution in [2.75, 3.05) is 37.8 Å². The second kappa shape index (κ2) is 30.2. The minimum absolute atomic E-state index is 0.0324. The van der Waals surface area contributed by atoms with Crippen LogP contribution in [-0.2, 0) is 50.7 Å². The van der Waals surface area contributed by atoms with Crippen LogP contribution in [-0.4, -0.2) is 123 Å². The smallest absolute Gasteiger partial charge is 0.386 e. The topological polar surface area (TPSA) is 364 Å². The van der Waals surface area contributed by atoms with E-state index in [2.05, 4.69) is 65.6 Å². The monoisotopic (exact) mass is 1060 g/mol. The Kier molecular flexibility index (Phi) is 26.4. The number of fused-ring (bicyclic) bond motifs is 1. The quantitative estimate of drug-likeness (QED) is 0.0241. The first-order chi connectivity index (χ1) is 32.6. The number of amides is 2. The number of nitrogens with two attached hydrogens (primary N) is 1. The van der Waals surface area contributed by atoms with Crippen LogP contribution in [0.5, 0.6) is 0 Å². The molecule has 1 fully saturated rings. The van der Waals surface area contributed by atoms with Gasteiger partial charge in [-0.1, -0.05) is 102 Å². The van der Waals surface area contributed by atoms with Crippen LogP contribution in [0.1, 0.15) is 123 Å². The van der Waals surface area contributed by atoms with Crippen molar-refractivity contribution in [2.45, 2.75) is 148 Å². The maximum atomic E-state index is 12.7. The average molecular weight is 1060 g/mol. The number of nitrogens with zero attached hydrogens (tertiary/aromatic N) is 4. The highest BCUT2D eigenvalue weighted by Crippen LogP contribution is 2.61. The largest absolute Gasteiger partial charge is 0.481 e. The molecule has 7 atom stereocenters. The molecule has 69 heavy (non-hydrogen) atoms. The fourth-order valence-electron chi connectivity index (χ4n) is 6.80. The van der Waals surface area contributed by atoms with Crippen molar-refractivity contribution >= 4 is 69.1 Å². The molecule has 0 bridgehead atoms. The molecule has 0 aliphatic carbocycles. The molecule has 3 rings (SSSR count). The van der Waals surface area contributed by atoms with E-state index in [1.807, 2.05) is 0 Å². The van der Waals surface area contributed by atoms with E-state index < -0.39 is 84.6 Å². The number of phosphoric ester groups is 3. The third-order valence-corrected chi connectivity index (χ3v) is 14.6. The molecule has 1 aliphatic rings. The van der Waals surface area contributed by atoms with E-state index >= 15 is 0 Å². The van der Waals surface area contributed by atoms with Crippen LogP contribution in [0.3, 0.4) is 0 Å². The first-order valence-electron chi connectivity index (χ1n) is 22.9. The normalized spacial score (nSPS) is 20.1. The number of unbranched alkanes of at least 4 members (excludes halogenated alkanes) is 10. The number of ether oxygens (including phenoxy) is 1. The Balaban J connectivity index is 1.29. The summed E-state index contributed by atoms with van der Waals surface area (Å²) in [7, 11) is -16.4. The Hall–Kier alpha value is -2.96. The van der Waals surface area contributed by atoms with Crippen molar-refractivity contribution in [1.82, 2.24) is 30.2 Å². The molecule has 392 valence electrons. The summed E-state index contributed by atoms with van der Waals surface area (Å²) >= 11 is 1.14. The summed E-state index contributed by atoms with van der Waals surface area (Å²) in [6.07, 6.45) is 17.4. The summed E-state index contributed by atoms with van der Waals surface area (Å²) in [6, 6.07) is 0. The van der Waals surface area contributed by atoms with Gasteiger partial charge in [0.05, 0.1) is 19.5 Å². The lowest BCUT2D eigenvalue weighted by atomic mass is 9.87. The summed E-state index contributed by atoms with van der Waals surface area (Å²) in [5.74, 6) is -1.05. The van der Waals surface area contributed by atoms with Gasteiger partial charge in [0.25, 0.3) is 0 Å². The Morgan fingerprint density at radius 2 is 1.52 bits per heavy atom. The molecule has 2 unspecified atom stereocenters. The van der Waals surface area contributed by atoms with Gasteiger partial charge < -0.3 is 50.9 Å². The Morgan fingerprint density at radius 3 is 2.19 bits per heavy atom. The number of rotatable bonds is 35. The van der Waals surface area contributed by atoms with Gasteiger partial charge in [0, 0.05) is 37.1 Å². The van der Waals surface area contributed by atoms with E-state index in [4.69, 9.17) is 19.5 Å². The van der Waals surface area contributed by atoms with Gasteiger partial charge in [-0.25, -0.2) is 28.6 Å². The van der Waals surface area contributed by atoms with Gasteiger partial charge in [0.1, 0.15) is 36.3 Å². The lowest BCUT2D eigenvalue weighted by Gasteiger charge is -2.30. The molecule has 1 aliphatic heterocycles. The van der Waals surface area contributed by atoms with E-state index in [0.717, 1.165) is 73.9 Å². The number of anilines is 1. The van der Waals surface area contributed by atoms with Gasteiger partial charge in [-0.3, -0.25) is 32.5 Å². The van der Waals surface area contributed by atoms with Gasteiger partial charge in [0.2, 0.25) is 11.8 Å². The number of hydrogen-bond acceptors (Lipinski definition) is 18. The number of allylic oxidation sites excluding steroid dienone is 4. The van der Waals surface area contributed by atoms with Crippen LogP contribution >= 0.6 is 35.2 Å². The fraction of sp³-hybridized carbons (Fsp3) is 0.707. The molecule has 2 aromatic rings. The Labute approximate surface area is 406 Å². The van der Waals surface area contributed by atoms with Crippen LogP contribution in [0.2, 0.25) is 0 Å². The van der Waals surface area contributed by atoms with Gasteiger partial charge in [-0.05, 0) is 38.5 Å². The van der Waals surface area contributed by atoms with E-state index in [9.17, 15) is 57.9 Å². The highest BCUT2D eigenvalue weighted by atomic mass is 32.2. The molecular weight excluding hydrogens is 987 g/mol. The number of aliphatic hydroxyl groups is 2. The number of nitrogens with one attached hydrogen (secondary N) is 2. The minimum atomic E-state index is -5.58. The number of aromatic nitrogens is 4. The Bertz CT molecular complexity index is 2130. The predicted octanol–water partition coefficient (Wildman–Crippen LogP) is 5.26. The molecule has 0 spiro atoms. The van der Waals surface area contributed by atoms with E-state index in [1.54, 1.807) is 0 Å². The SMILES string of the molecule is CCCCCCCC/C=C\C/C=C\CCCCCCC(=O)SCCNC(=O)CCNC(=O)[C@H](O)C(C)(C)COP(=O)(O)OP(=O)(O)OC[C@H]1O[C@@H](n2cnc3c(N)ncnc32)[C@H](O)[C@@H]1OP(=O)(O)O. The summed E-state index contributed by atoms with van der Waals surface area (Å²) in [6.45, 7) is 2.78. The van der Waals surface area contributed by atoms with Crippen LogP contribution in [0.4, 0.5) is 5.82 Å². The van der Waals surface area contributed by atoms with Crippen LogP contribution in [0, 0.1) is 5.41 Å². The molecule has 1 saturated heterocycles. The summed E-state index contributed by atoms with van der Waals surface area (Å²) in [4.78, 5) is 88.4. The highest BCUT2D eigenvalue weighted by molar-refractivity contribution is 8.13. The third kappa shape index (κ3) is 23.0. The Morgan fingerprint density at radius 1 is 0.884 bits per heavy atom. The van der Waals surface area contributed by atoms with Crippen LogP contribution < -0.4 is 16.4 Å². The predicted molar refractivity (Wildman–Crippen MR) is 256 cm³/mol. The molecule has 24 nitrogen and oxygen atoms in total. The van der Waals surface area contributed by atoms with E-state index in [0.29, 0.717) is 12.2 Å². The number of phosphoric acid groups is 3. The summed E-state index contributed by atoms with van der Waals surface area (Å²) < 4.78 is 62.4. The molecular formula is C41H70N7O17P3S. The number of aliphatic hydroxyl groups excluding tert-OH is 2. The third-order valence-electron chi connectivity index (χ3n) is 10.6. The molecule has 3 heterocycles. The van der Waals surface area contributed by atoms with Gasteiger partial charge >= 0.3 is 23.5 Å². The van der Waals surface area contributed by atoms with E-state index in [1.165, 1.54) is 52.4 Å². The van der Waals surface area contributed by atoms with E-state index in [-0.39, 0.29) is 41.6 Å². The van der Waals surface area contributed by atoms with Crippen molar-refractivity contribution in [2.24, 2.45) is 5.41 Å². The number of imidazole rings is 1. The fourth-order valence-corrected chi connectivity index (χ4v) is 10.4. The lowest BCUT2D eigenvalue weighted by Crippen LogP contribution is -2.46.